The van der Waals surface area contributed by atoms with Crippen LogP contribution in [0.2, 0.25) is 0 Å². The highest BCUT2D eigenvalue weighted by atomic mass is 16.1. The minimum absolute atomic E-state index is 0.0782. The number of nitrogens with zero attached hydrogens (tertiary/aromatic N) is 1. The highest BCUT2D eigenvalue weighted by Gasteiger charge is 2.36. The predicted molar refractivity (Wildman–Crippen MR) is 62.7 cm³/mol. The molecule has 1 N–H and O–H groups in total. The van der Waals surface area contributed by atoms with Crippen molar-refractivity contribution < 1.29 is 4.79 Å². The molecule has 3 heteroatoms. The highest BCUT2D eigenvalue weighted by molar-refractivity contribution is 5.72. The van der Waals surface area contributed by atoms with Crippen molar-refractivity contribution in [3.63, 3.8) is 0 Å². The lowest BCUT2D eigenvalue weighted by atomic mass is 9.75. The Morgan fingerprint density at radius 1 is 1.53 bits per heavy atom. The zero-order valence-electron chi connectivity index (χ0n) is 10.5. The van der Waals surface area contributed by atoms with Gasteiger partial charge in [0.2, 0.25) is 5.91 Å². The van der Waals surface area contributed by atoms with E-state index in [-0.39, 0.29) is 11.4 Å². The minimum atomic E-state index is 0.0782. The van der Waals surface area contributed by atoms with Gasteiger partial charge in [-0.05, 0) is 32.9 Å². The summed E-state index contributed by atoms with van der Waals surface area (Å²) >= 11 is 0. The molecule has 0 saturated heterocycles. The van der Waals surface area contributed by atoms with E-state index in [1.807, 2.05) is 0 Å². The van der Waals surface area contributed by atoms with Crippen LogP contribution in [0.5, 0.6) is 0 Å². The van der Waals surface area contributed by atoms with Gasteiger partial charge in [0.15, 0.2) is 0 Å². The van der Waals surface area contributed by atoms with Gasteiger partial charge in [-0.25, -0.2) is 0 Å². The lowest BCUT2D eigenvalue weighted by molar-refractivity contribution is -0.119. The van der Waals surface area contributed by atoms with E-state index >= 15 is 0 Å². The monoisotopic (exact) mass is 212 g/mol. The first-order valence-electron chi connectivity index (χ1n) is 5.88. The number of hydrogen-bond donors (Lipinski definition) is 1. The smallest absolute Gasteiger partial charge is 0.216 e. The summed E-state index contributed by atoms with van der Waals surface area (Å²) in [7, 11) is 4.25. The van der Waals surface area contributed by atoms with E-state index < -0.39 is 0 Å². The van der Waals surface area contributed by atoms with Gasteiger partial charge in [0, 0.05) is 19.0 Å². The van der Waals surface area contributed by atoms with Gasteiger partial charge in [0.25, 0.3) is 0 Å². The zero-order valence-corrected chi connectivity index (χ0v) is 10.5. The van der Waals surface area contributed by atoms with E-state index in [4.69, 9.17) is 0 Å². The second-order valence-electron chi connectivity index (χ2n) is 5.23. The lowest BCUT2D eigenvalue weighted by Gasteiger charge is -2.45. The Morgan fingerprint density at radius 3 is 2.67 bits per heavy atom. The molecule has 0 aromatic rings. The van der Waals surface area contributed by atoms with Gasteiger partial charge in [0.1, 0.15) is 0 Å². The summed E-state index contributed by atoms with van der Waals surface area (Å²) in [5, 5.41) is 2.98. The van der Waals surface area contributed by atoms with Crippen LogP contribution < -0.4 is 5.32 Å². The van der Waals surface area contributed by atoms with Crippen molar-refractivity contribution in [2.24, 2.45) is 5.92 Å². The molecule has 1 saturated carbocycles. The molecule has 1 aliphatic rings. The molecule has 88 valence electrons. The van der Waals surface area contributed by atoms with Crippen molar-refractivity contribution in [3.8, 4) is 0 Å². The molecule has 0 aliphatic heterocycles. The first kappa shape index (κ1) is 12.5. The van der Waals surface area contributed by atoms with Gasteiger partial charge in [-0.2, -0.15) is 0 Å². The normalized spacial score (nSPS) is 31.7. The number of nitrogens with one attached hydrogen (secondary N) is 1. The fraction of sp³-hybridized carbons (Fsp3) is 0.917. The molecule has 15 heavy (non-hydrogen) atoms. The van der Waals surface area contributed by atoms with Crippen LogP contribution in [0.4, 0.5) is 0 Å². The van der Waals surface area contributed by atoms with Gasteiger partial charge in [0.05, 0.1) is 0 Å². The molecule has 1 aliphatic carbocycles. The van der Waals surface area contributed by atoms with Crippen molar-refractivity contribution in [2.45, 2.75) is 45.1 Å². The summed E-state index contributed by atoms with van der Waals surface area (Å²) < 4.78 is 0. The molecule has 2 atom stereocenters. The lowest BCUT2D eigenvalue weighted by Crippen LogP contribution is -2.54. The largest absolute Gasteiger partial charge is 0.354 e. The van der Waals surface area contributed by atoms with Gasteiger partial charge in [-0.3, -0.25) is 4.79 Å². The average Bonchev–Trinajstić information content (AvgIpc) is 2.14. The number of rotatable bonds is 3. The second-order valence-corrected chi connectivity index (χ2v) is 5.23. The topological polar surface area (TPSA) is 32.3 Å². The number of amides is 1. The van der Waals surface area contributed by atoms with Crippen molar-refractivity contribution >= 4 is 5.91 Å². The van der Waals surface area contributed by atoms with E-state index in [0.29, 0.717) is 0 Å². The molecule has 0 bridgehead atoms. The molecule has 0 spiro atoms. The molecule has 2 unspecified atom stereocenters. The quantitative estimate of drug-likeness (QED) is 0.771. The van der Waals surface area contributed by atoms with Crippen LogP contribution in [0, 0.1) is 5.92 Å². The van der Waals surface area contributed by atoms with Crippen LogP contribution >= 0.6 is 0 Å². The average molecular weight is 212 g/mol. The van der Waals surface area contributed by atoms with E-state index in [9.17, 15) is 4.79 Å². The summed E-state index contributed by atoms with van der Waals surface area (Å²) in [5.41, 5.74) is 0.184. The molecule has 1 rings (SSSR count). The number of carbonyl (C=O) groups excluding carboxylic acids is 1. The van der Waals surface area contributed by atoms with Crippen molar-refractivity contribution in [2.75, 3.05) is 20.6 Å². The van der Waals surface area contributed by atoms with Gasteiger partial charge < -0.3 is 10.2 Å². The molecular formula is C12H24N2O. The molecule has 1 amide bonds. The van der Waals surface area contributed by atoms with Crippen LogP contribution in [0.15, 0.2) is 0 Å². The first-order chi connectivity index (χ1) is 6.96. The molecule has 0 aromatic carbocycles. The van der Waals surface area contributed by atoms with Crippen LogP contribution in [0.1, 0.15) is 39.5 Å². The fourth-order valence-corrected chi connectivity index (χ4v) is 2.65. The number of carbonyl (C=O) groups is 1. The summed E-state index contributed by atoms with van der Waals surface area (Å²) in [6, 6.07) is 0. The number of likely N-dealkylation sites (N-methyl/N-ethyl adjacent to an activating group) is 1. The Kier molecular flexibility index (Phi) is 4.14. The predicted octanol–water partition coefficient (Wildman–Crippen LogP) is 1.63. The Labute approximate surface area is 93.2 Å². The summed E-state index contributed by atoms with van der Waals surface area (Å²) in [5.74, 6) is 0.851. The van der Waals surface area contributed by atoms with E-state index in [1.54, 1.807) is 6.92 Å². The zero-order chi connectivity index (χ0) is 11.5. The molecule has 0 heterocycles. The van der Waals surface area contributed by atoms with Crippen LogP contribution in [-0.2, 0) is 4.79 Å². The van der Waals surface area contributed by atoms with Crippen LogP contribution in [-0.4, -0.2) is 37.0 Å². The molecule has 3 nitrogen and oxygen atoms in total. The van der Waals surface area contributed by atoms with Gasteiger partial charge in [-0.15, -0.1) is 0 Å². The van der Waals surface area contributed by atoms with Gasteiger partial charge in [-0.1, -0.05) is 19.8 Å². The summed E-state index contributed by atoms with van der Waals surface area (Å²) in [6.07, 6.45) is 5.00. The maximum atomic E-state index is 11.0. The maximum Gasteiger partial charge on any atom is 0.216 e. The van der Waals surface area contributed by atoms with Crippen LogP contribution in [0.3, 0.4) is 0 Å². The second kappa shape index (κ2) is 4.97. The Balaban J connectivity index is 2.64. The molecule has 0 aromatic heterocycles. The first-order valence-corrected chi connectivity index (χ1v) is 5.88. The fourth-order valence-electron chi connectivity index (χ4n) is 2.65. The third-order valence-corrected chi connectivity index (χ3v) is 3.68. The SMILES string of the molecule is CC(=O)NCC1(N(C)C)CCCC(C)C1. The van der Waals surface area contributed by atoms with E-state index in [0.717, 1.165) is 12.5 Å². The van der Waals surface area contributed by atoms with E-state index in [2.05, 4.69) is 31.2 Å². The molecule has 1 fully saturated rings. The van der Waals surface area contributed by atoms with E-state index in [1.165, 1.54) is 25.7 Å². The van der Waals surface area contributed by atoms with Crippen LogP contribution in [0.25, 0.3) is 0 Å². The number of hydrogen-bond acceptors (Lipinski definition) is 2. The molecular weight excluding hydrogens is 188 g/mol. The molecule has 0 radical (unpaired) electrons. The Bertz CT molecular complexity index is 228. The summed E-state index contributed by atoms with van der Waals surface area (Å²) in [6.45, 7) is 4.69. The minimum Gasteiger partial charge on any atom is -0.354 e. The Hall–Kier alpha value is -0.570. The van der Waals surface area contributed by atoms with Gasteiger partial charge >= 0.3 is 0 Å². The van der Waals surface area contributed by atoms with Crippen molar-refractivity contribution in [1.82, 2.24) is 10.2 Å². The summed E-state index contributed by atoms with van der Waals surface area (Å²) in [4.78, 5) is 13.3. The van der Waals surface area contributed by atoms with Crippen molar-refractivity contribution in [3.05, 3.63) is 0 Å². The highest BCUT2D eigenvalue weighted by Crippen LogP contribution is 2.35. The Morgan fingerprint density at radius 2 is 2.20 bits per heavy atom. The standard InChI is InChI=1S/C12H24N2O/c1-10-6-5-7-12(8-10,14(3)4)9-13-11(2)15/h10H,5-9H2,1-4H3,(H,13,15). The maximum absolute atomic E-state index is 11.0. The third kappa shape index (κ3) is 3.20. The third-order valence-electron chi connectivity index (χ3n) is 3.68. The van der Waals surface area contributed by atoms with Crippen molar-refractivity contribution in [1.29, 1.82) is 0 Å².